The fraction of sp³-hybridized carbons (Fsp3) is 0.333. The summed E-state index contributed by atoms with van der Waals surface area (Å²) in [6, 6.07) is 15.3. The van der Waals surface area contributed by atoms with E-state index in [0.29, 0.717) is 50.8 Å². The molecule has 1 heterocycles. The minimum atomic E-state index is -0.0500. The van der Waals surface area contributed by atoms with Crippen molar-refractivity contribution in [3.05, 3.63) is 65.7 Å². The van der Waals surface area contributed by atoms with Gasteiger partial charge in [0.15, 0.2) is 0 Å². The number of rotatable bonds is 8. The topological polar surface area (TPSA) is 71.1 Å². The molecule has 2 amide bonds. The van der Waals surface area contributed by atoms with Crippen LogP contribution in [0.25, 0.3) is 6.08 Å². The molecule has 0 spiro atoms. The molecular weight excluding hydrogens is 394 g/mol. The lowest BCUT2D eigenvalue weighted by molar-refractivity contribution is -0.128. The van der Waals surface area contributed by atoms with Gasteiger partial charge in [-0.15, -0.1) is 0 Å². The van der Waals surface area contributed by atoms with Crippen LogP contribution in [0, 0.1) is 0 Å². The molecule has 1 saturated heterocycles. The Morgan fingerprint density at radius 3 is 2.42 bits per heavy atom. The molecule has 2 aromatic carbocycles. The van der Waals surface area contributed by atoms with E-state index < -0.39 is 0 Å². The molecule has 0 radical (unpaired) electrons. The van der Waals surface area contributed by atoms with Gasteiger partial charge in [0, 0.05) is 50.4 Å². The summed E-state index contributed by atoms with van der Waals surface area (Å²) in [6.45, 7) is 3.39. The highest BCUT2D eigenvalue weighted by atomic mass is 16.5. The second-order valence-electron chi connectivity index (χ2n) is 7.30. The number of carbonyl (C=O) groups excluding carboxylic acids is 2. The number of hydrogen-bond donors (Lipinski definition) is 1. The first-order chi connectivity index (χ1) is 15.1. The highest BCUT2D eigenvalue weighted by Crippen LogP contribution is 2.25. The Bertz CT molecular complexity index is 906. The molecule has 0 saturated carbocycles. The fourth-order valence-corrected chi connectivity index (χ4v) is 3.40. The van der Waals surface area contributed by atoms with Crippen molar-refractivity contribution in [2.75, 3.05) is 46.9 Å². The molecule has 0 aliphatic carbocycles. The number of carbonyl (C=O) groups is 2. The zero-order chi connectivity index (χ0) is 22.1. The zero-order valence-electron chi connectivity index (χ0n) is 18.0. The minimum absolute atomic E-state index is 0.00451. The maximum atomic E-state index is 12.6. The van der Waals surface area contributed by atoms with Gasteiger partial charge in [-0.1, -0.05) is 30.3 Å². The lowest BCUT2D eigenvalue weighted by atomic mass is 10.1. The van der Waals surface area contributed by atoms with Crippen LogP contribution in [-0.4, -0.2) is 68.6 Å². The number of ether oxygens (including phenoxy) is 2. The largest absolute Gasteiger partial charge is 0.497 e. The van der Waals surface area contributed by atoms with Crippen LogP contribution >= 0.6 is 0 Å². The summed E-state index contributed by atoms with van der Waals surface area (Å²) < 4.78 is 10.6. The van der Waals surface area contributed by atoms with E-state index >= 15 is 0 Å². The number of nitrogens with zero attached hydrogens (tertiary/aromatic N) is 2. The number of amides is 2. The van der Waals surface area contributed by atoms with Crippen molar-refractivity contribution in [1.29, 1.82) is 0 Å². The Balaban J connectivity index is 1.44. The lowest BCUT2D eigenvalue weighted by Gasteiger charge is -2.33. The van der Waals surface area contributed by atoms with E-state index in [1.165, 1.54) is 0 Å². The standard InChI is InChI=1S/C24H29N3O4/c1-30-21-10-8-20(22(16-21)31-2)9-11-24(29)27-14-12-26(13-15-27)18-23(28)25-17-19-6-4-3-5-7-19/h3-11,16H,12-15,17-18H2,1-2H3,(H,25,28)/b11-9+. The number of piperazine rings is 1. The third kappa shape index (κ3) is 6.58. The number of nitrogens with one attached hydrogen (secondary N) is 1. The van der Waals surface area contributed by atoms with E-state index in [1.807, 2.05) is 42.5 Å². The molecule has 31 heavy (non-hydrogen) atoms. The average molecular weight is 424 g/mol. The maximum Gasteiger partial charge on any atom is 0.246 e. The Kier molecular flexibility index (Phi) is 8.06. The summed E-state index contributed by atoms with van der Waals surface area (Å²) >= 11 is 0. The monoisotopic (exact) mass is 423 g/mol. The van der Waals surface area contributed by atoms with E-state index in [0.717, 1.165) is 11.1 Å². The van der Waals surface area contributed by atoms with Crippen LogP contribution in [0.15, 0.2) is 54.6 Å². The van der Waals surface area contributed by atoms with Gasteiger partial charge < -0.3 is 19.7 Å². The summed E-state index contributed by atoms with van der Waals surface area (Å²) in [7, 11) is 3.18. The predicted octanol–water partition coefficient (Wildman–Crippen LogP) is 2.18. The van der Waals surface area contributed by atoms with E-state index in [4.69, 9.17) is 9.47 Å². The first kappa shape index (κ1) is 22.4. The van der Waals surface area contributed by atoms with Crippen LogP contribution in [0.4, 0.5) is 0 Å². The number of hydrogen-bond acceptors (Lipinski definition) is 5. The molecule has 1 N–H and O–H groups in total. The summed E-state index contributed by atoms with van der Waals surface area (Å²) in [5.74, 6) is 1.29. The molecule has 1 fully saturated rings. The van der Waals surface area contributed by atoms with Crippen LogP contribution in [0.5, 0.6) is 11.5 Å². The van der Waals surface area contributed by atoms with E-state index in [-0.39, 0.29) is 11.8 Å². The van der Waals surface area contributed by atoms with Crippen molar-refractivity contribution in [3.63, 3.8) is 0 Å². The van der Waals surface area contributed by atoms with Crippen LogP contribution in [0.1, 0.15) is 11.1 Å². The second-order valence-corrected chi connectivity index (χ2v) is 7.30. The molecule has 0 unspecified atom stereocenters. The van der Waals surface area contributed by atoms with Gasteiger partial charge in [0.25, 0.3) is 0 Å². The van der Waals surface area contributed by atoms with Gasteiger partial charge in [-0.3, -0.25) is 14.5 Å². The number of methoxy groups -OCH3 is 2. The molecule has 7 nitrogen and oxygen atoms in total. The summed E-state index contributed by atoms with van der Waals surface area (Å²) in [5.41, 5.74) is 1.89. The predicted molar refractivity (Wildman–Crippen MR) is 120 cm³/mol. The van der Waals surface area contributed by atoms with Crippen molar-refractivity contribution in [2.45, 2.75) is 6.54 Å². The molecular formula is C24H29N3O4. The van der Waals surface area contributed by atoms with Crippen molar-refractivity contribution < 1.29 is 19.1 Å². The molecule has 7 heteroatoms. The first-order valence-corrected chi connectivity index (χ1v) is 10.3. The molecule has 1 aliphatic rings. The van der Waals surface area contributed by atoms with Crippen molar-refractivity contribution in [3.8, 4) is 11.5 Å². The highest BCUT2D eigenvalue weighted by Gasteiger charge is 2.21. The second kappa shape index (κ2) is 11.2. The third-order valence-electron chi connectivity index (χ3n) is 5.23. The summed E-state index contributed by atoms with van der Waals surface area (Å²) in [5, 5.41) is 2.94. The van der Waals surface area contributed by atoms with Crippen LogP contribution in [-0.2, 0) is 16.1 Å². The smallest absolute Gasteiger partial charge is 0.246 e. The van der Waals surface area contributed by atoms with Gasteiger partial charge in [-0.2, -0.15) is 0 Å². The highest BCUT2D eigenvalue weighted by molar-refractivity contribution is 5.92. The molecule has 2 aromatic rings. The minimum Gasteiger partial charge on any atom is -0.497 e. The SMILES string of the molecule is COc1ccc(/C=C/C(=O)N2CCN(CC(=O)NCc3ccccc3)CC2)c(OC)c1. The number of benzene rings is 2. The van der Waals surface area contributed by atoms with Gasteiger partial charge in [0.2, 0.25) is 11.8 Å². The van der Waals surface area contributed by atoms with Crippen molar-refractivity contribution >= 4 is 17.9 Å². The Morgan fingerprint density at radius 2 is 1.74 bits per heavy atom. The summed E-state index contributed by atoms with van der Waals surface area (Å²) in [6.07, 6.45) is 3.32. The Morgan fingerprint density at radius 1 is 1.00 bits per heavy atom. The molecule has 164 valence electrons. The Labute approximate surface area is 183 Å². The van der Waals surface area contributed by atoms with Gasteiger partial charge in [0.05, 0.1) is 20.8 Å². The normalized spacial score (nSPS) is 14.5. The van der Waals surface area contributed by atoms with E-state index in [9.17, 15) is 9.59 Å². The van der Waals surface area contributed by atoms with Gasteiger partial charge >= 0.3 is 0 Å². The van der Waals surface area contributed by atoms with Crippen molar-refractivity contribution in [1.82, 2.24) is 15.1 Å². The van der Waals surface area contributed by atoms with Crippen molar-refractivity contribution in [2.24, 2.45) is 0 Å². The van der Waals surface area contributed by atoms with E-state index in [1.54, 1.807) is 37.3 Å². The van der Waals surface area contributed by atoms with Gasteiger partial charge in [-0.05, 0) is 23.8 Å². The van der Waals surface area contributed by atoms with Crippen LogP contribution in [0.2, 0.25) is 0 Å². The first-order valence-electron chi connectivity index (χ1n) is 10.3. The van der Waals surface area contributed by atoms with Gasteiger partial charge in [-0.25, -0.2) is 0 Å². The fourth-order valence-electron chi connectivity index (χ4n) is 3.40. The quantitative estimate of drug-likeness (QED) is 0.659. The average Bonchev–Trinajstić information content (AvgIpc) is 2.82. The molecule has 1 aliphatic heterocycles. The molecule has 0 bridgehead atoms. The van der Waals surface area contributed by atoms with Crippen LogP contribution in [0.3, 0.4) is 0 Å². The maximum absolute atomic E-state index is 12.6. The van der Waals surface area contributed by atoms with E-state index in [2.05, 4.69) is 10.2 Å². The Hall–Kier alpha value is -3.32. The molecule has 0 aromatic heterocycles. The third-order valence-corrected chi connectivity index (χ3v) is 5.23. The molecule has 3 rings (SSSR count). The lowest BCUT2D eigenvalue weighted by Crippen LogP contribution is -2.50. The van der Waals surface area contributed by atoms with Crippen LogP contribution < -0.4 is 14.8 Å². The molecule has 0 atom stereocenters. The zero-order valence-corrected chi connectivity index (χ0v) is 18.0. The van der Waals surface area contributed by atoms with Gasteiger partial charge in [0.1, 0.15) is 11.5 Å². The summed E-state index contributed by atoms with van der Waals surface area (Å²) in [4.78, 5) is 28.6.